The van der Waals surface area contributed by atoms with E-state index in [1.54, 1.807) is 30.3 Å². The van der Waals surface area contributed by atoms with Gasteiger partial charge >= 0.3 is 6.36 Å². The van der Waals surface area contributed by atoms with E-state index in [0.29, 0.717) is 27.8 Å². The quantitative estimate of drug-likeness (QED) is 0.466. The molecule has 0 bridgehead atoms. The van der Waals surface area contributed by atoms with E-state index in [9.17, 15) is 18.0 Å². The molecule has 1 N–H and O–H groups in total. The molecule has 3 aromatic rings. The maximum atomic E-state index is 12.2. The van der Waals surface area contributed by atoms with Gasteiger partial charge in [-0.3, -0.25) is 4.79 Å². The van der Waals surface area contributed by atoms with Gasteiger partial charge in [-0.1, -0.05) is 23.2 Å². The summed E-state index contributed by atoms with van der Waals surface area (Å²) in [4.78, 5) is 12.2. The zero-order valence-corrected chi connectivity index (χ0v) is 16.0. The molecule has 0 aliphatic heterocycles. The number of alkyl halides is 3. The maximum absolute atomic E-state index is 12.2. The number of carbonyl (C=O) groups is 1. The zero-order valence-electron chi connectivity index (χ0n) is 14.5. The van der Waals surface area contributed by atoms with Crippen molar-refractivity contribution in [1.82, 2.24) is 0 Å². The molecule has 0 heterocycles. The normalized spacial score (nSPS) is 11.1. The Kier molecular flexibility index (Phi) is 6.20. The largest absolute Gasteiger partial charge is 0.573 e. The lowest BCUT2D eigenvalue weighted by atomic mass is 10.2. The fourth-order valence-corrected chi connectivity index (χ4v) is 2.59. The van der Waals surface area contributed by atoms with Gasteiger partial charge < -0.3 is 14.8 Å². The smallest absolute Gasteiger partial charge is 0.457 e. The molecule has 9 heteroatoms. The predicted molar refractivity (Wildman–Crippen MR) is 104 cm³/mol. The van der Waals surface area contributed by atoms with E-state index in [1.165, 1.54) is 24.3 Å². The Morgan fingerprint density at radius 1 is 0.793 bits per heavy atom. The van der Waals surface area contributed by atoms with Crippen LogP contribution in [0.25, 0.3) is 0 Å². The standard InChI is InChI=1S/C20H12Cl2F3NO3/c21-17-10-1-12(11-18(17)22)19(27)26-13-2-4-14(5-3-13)28-15-6-8-16(9-7-15)29-20(23,24)25/h1-11H,(H,26,27). The Hall–Kier alpha value is -2.90. The zero-order chi connectivity index (χ0) is 21.0. The molecule has 4 nitrogen and oxygen atoms in total. The van der Waals surface area contributed by atoms with Gasteiger partial charge in [0.2, 0.25) is 0 Å². The molecule has 150 valence electrons. The second-order valence-corrected chi connectivity index (χ2v) is 6.54. The highest BCUT2D eigenvalue weighted by atomic mass is 35.5. The minimum atomic E-state index is -4.75. The number of hydrogen-bond acceptors (Lipinski definition) is 3. The Morgan fingerprint density at radius 2 is 1.34 bits per heavy atom. The van der Waals surface area contributed by atoms with Crippen LogP contribution < -0.4 is 14.8 Å². The summed E-state index contributed by atoms with van der Waals surface area (Å²) >= 11 is 11.7. The monoisotopic (exact) mass is 441 g/mol. The lowest BCUT2D eigenvalue weighted by Crippen LogP contribution is -2.16. The molecule has 0 saturated heterocycles. The summed E-state index contributed by atoms with van der Waals surface area (Å²) in [6.45, 7) is 0. The molecule has 29 heavy (non-hydrogen) atoms. The number of carbonyl (C=O) groups excluding carboxylic acids is 1. The van der Waals surface area contributed by atoms with Crippen LogP contribution in [0.1, 0.15) is 10.4 Å². The van der Waals surface area contributed by atoms with Gasteiger partial charge in [0, 0.05) is 11.3 Å². The molecule has 1 amide bonds. The predicted octanol–water partition coefficient (Wildman–Crippen LogP) is 6.94. The lowest BCUT2D eigenvalue weighted by Gasteiger charge is -2.10. The number of hydrogen-bond donors (Lipinski definition) is 1. The van der Waals surface area contributed by atoms with Crippen LogP contribution in [0.2, 0.25) is 10.0 Å². The van der Waals surface area contributed by atoms with Crippen molar-refractivity contribution in [3.8, 4) is 17.2 Å². The Bertz CT molecular complexity index is 1010. The van der Waals surface area contributed by atoms with Crippen molar-refractivity contribution in [1.29, 1.82) is 0 Å². The molecule has 0 unspecified atom stereocenters. The first-order chi connectivity index (χ1) is 13.7. The van der Waals surface area contributed by atoms with Crippen LogP contribution >= 0.6 is 23.2 Å². The van der Waals surface area contributed by atoms with E-state index in [-0.39, 0.29) is 16.7 Å². The second-order valence-electron chi connectivity index (χ2n) is 5.73. The van der Waals surface area contributed by atoms with Crippen molar-refractivity contribution in [3.63, 3.8) is 0 Å². The average Bonchev–Trinajstić information content (AvgIpc) is 2.66. The second kappa shape index (κ2) is 8.63. The van der Waals surface area contributed by atoms with Gasteiger partial charge in [-0.25, -0.2) is 0 Å². The third-order valence-corrected chi connectivity index (χ3v) is 4.33. The van der Waals surface area contributed by atoms with E-state index in [2.05, 4.69) is 10.1 Å². The summed E-state index contributed by atoms with van der Waals surface area (Å²) in [7, 11) is 0. The fourth-order valence-electron chi connectivity index (χ4n) is 2.29. The minimum absolute atomic E-state index is 0.273. The van der Waals surface area contributed by atoms with Crippen LogP contribution in [0.3, 0.4) is 0 Å². The number of rotatable bonds is 5. The number of nitrogens with one attached hydrogen (secondary N) is 1. The van der Waals surface area contributed by atoms with E-state index < -0.39 is 6.36 Å². The highest BCUT2D eigenvalue weighted by Crippen LogP contribution is 2.28. The molecule has 0 aliphatic carbocycles. The van der Waals surface area contributed by atoms with Crippen molar-refractivity contribution in [2.45, 2.75) is 6.36 Å². The molecule has 0 radical (unpaired) electrons. The van der Waals surface area contributed by atoms with Crippen LogP contribution in [-0.2, 0) is 0 Å². The van der Waals surface area contributed by atoms with Gasteiger partial charge in [0.1, 0.15) is 17.2 Å². The molecule has 0 aliphatic rings. The van der Waals surface area contributed by atoms with Crippen LogP contribution in [0, 0.1) is 0 Å². The van der Waals surface area contributed by atoms with Crippen molar-refractivity contribution in [3.05, 3.63) is 82.3 Å². The van der Waals surface area contributed by atoms with E-state index in [1.807, 2.05) is 0 Å². The summed E-state index contributed by atoms with van der Waals surface area (Å²) in [5.74, 6) is 0.0526. The first kappa shape index (κ1) is 20.8. The summed E-state index contributed by atoms with van der Waals surface area (Å²) in [5, 5.41) is 3.33. The topological polar surface area (TPSA) is 47.6 Å². The molecule has 3 aromatic carbocycles. The molecule has 3 rings (SSSR count). The number of amides is 1. The van der Waals surface area contributed by atoms with Gasteiger partial charge in [0.05, 0.1) is 10.0 Å². The Labute approximate surface area is 173 Å². The third-order valence-electron chi connectivity index (χ3n) is 3.59. The van der Waals surface area contributed by atoms with Crippen LogP contribution in [0.15, 0.2) is 66.7 Å². The van der Waals surface area contributed by atoms with Crippen molar-refractivity contribution >= 4 is 34.8 Å². The van der Waals surface area contributed by atoms with E-state index >= 15 is 0 Å². The van der Waals surface area contributed by atoms with Gasteiger partial charge in [-0.15, -0.1) is 13.2 Å². The van der Waals surface area contributed by atoms with E-state index in [0.717, 1.165) is 12.1 Å². The SMILES string of the molecule is O=C(Nc1ccc(Oc2ccc(OC(F)(F)F)cc2)cc1)c1ccc(Cl)c(Cl)c1. The molecule has 0 fully saturated rings. The van der Waals surface area contributed by atoms with Gasteiger partial charge in [-0.2, -0.15) is 0 Å². The summed E-state index contributed by atoms with van der Waals surface area (Å²) in [6, 6.07) is 16.0. The lowest BCUT2D eigenvalue weighted by molar-refractivity contribution is -0.274. The van der Waals surface area contributed by atoms with Crippen LogP contribution in [0.5, 0.6) is 17.2 Å². The summed E-state index contributed by atoms with van der Waals surface area (Å²) in [5.41, 5.74) is 0.864. The molecular weight excluding hydrogens is 430 g/mol. The Morgan fingerprint density at radius 3 is 1.90 bits per heavy atom. The van der Waals surface area contributed by atoms with Crippen molar-refractivity contribution < 1.29 is 27.4 Å². The van der Waals surface area contributed by atoms with E-state index in [4.69, 9.17) is 27.9 Å². The highest BCUT2D eigenvalue weighted by Gasteiger charge is 2.30. The maximum Gasteiger partial charge on any atom is 0.573 e. The first-order valence-corrected chi connectivity index (χ1v) is 8.85. The summed E-state index contributed by atoms with van der Waals surface area (Å²) < 4.78 is 45.9. The van der Waals surface area contributed by atoms with Crippen LogP contribution in [-0.4, -0.2) is 12.3 Å². The summed E-state index contributed by atoms with van der Waals surface area (Å²) in [6.07, 6.45) is -4.75. The third kappa shape index (κ3) is 6.04. The molecule has 0 saturated carbocycles. The average molecular weight is 442 g/mol. The fraction of sp³-hybridized carbons (Fsp3) is 0.0500. The highest BCUT2D eigenvalue weighted by molar-refractivity contribution is 6.42. The molecule has 0 spiro atoms. The van der Waals surface area contributed by atoms with Gasteiger partial charge in [0.15, 0.2) is 0 Å². The minimum Gasteiger partial charge on any atom is -0.457 e. The first-order valence-electron chi connectivity index (χ1n) is 8.10. The number of benzene rings is 3. The van der Waals surface area contributed by atoms with Gasteiger partial charge in [0.25, 0.3) is 5.91 Å². The molecule has 0 aromatic heterocycles. The van der Waals surface area contributed by atoms with Gasteiger partial charge in [-0.05, 0) is 66.7 Å². The number of anilines is 1. The number of halogens is 5. The van der Waals surface area contributed by atoms with Crippen LogP contribution in [0.4, 0.5) is 18.9 Å². The number of ether oxygens (including phenoxy) is 2. The molecular formula is C20H12Cl2F3NO3. The van der Waals surface area contributed by atoms with Crippen molar-refractivity contribution in [2.75, 3.05) is 5.32 Å². The van der Waals surface area contributed by atoms with Crippen molar-refractivity contribution in [2.24, 2.45) is 0 Å². The Balaban J connectivity index is 1.61. The molecule has 0 atom stereocenters.